The highest BCUT2D eigenvalue weighted by molar-refractivity contribution is 6.30. The van der Waals surface area contributed by atoms with Gasteiger partial charge in [0, 0.05) is 23.7 Å². The Morgan fingerprint density at radius 2 is 2.00 bits per heavy atom. The molecular formula is C14H22Cl2N2. The standard InChI is InChI=1S/C14H21ClN2.ClH/c1-11(12-5-7-13(15)8-6-12)17-9-3-4-14(10-17)16-2;/h5-8,11,14,16H,3-4,9-10H2,1-2H3;1H. The minimum atomic E-state index is 0. The van der Waals surface area contributed by atoms with E-state index >= 15 is 0 Å². The Balaban J connectivity index is 0.00000162. The van der Waals surface area contributed by atoms with Crippen LogP contribution in [-0.4, -0.2) is 31.1 Å². The first-order valence-electron chi connectivity index (χ1n) is 6.37. The van der Waals surface area contributed by atoms with Crippen LogP contribution in [0, 0.1) is 0 Å². The predicted molar refractivity (Wildman–Crippen MR) is 80.8 cm³/mol. The summed E-state index contributed by atoms with van der Waals surface area (Å²) in [5, 5.41) is 4.20. The van der Waals surface area contributed by atoms with Gasteiger partial charge < -0.3 is 5.32 Å². The molecule has 0 aliphatic carbocycles. The maximum Gasteiger partial charge on any atom is 0.0406 e. The lowest BCUT2D eigenvalue weighted by Crippen LogP contribution is -2.45. The summed E-state index contributed by atoms with van der Waals surface area (Å²) in [5.41, 5.74) is 1.35. The quantitative estimate of drug-likeness (QED) is 0.916. The summed E-state index contributed by atoms with van der Waals surface area (Å²) >= 11 is 5.92. The summed E-state index contributed by atoms with van der Waals surface area (Å²) < 4.78 is 0. The number of nitrogens with zero attached hydrogens (tertiary/aromatic N) is 1. The molecule has 2 unspecified atom stereocenters. The number of benzene rings is 1. The molecule has 4 heteroatoms. The van der Waals surface area contributed by atoms with Gasteiger partial charge >= 0.3 is 0 Å². The number of hydrogen-bond donors (Lipinski definition) is 1. The Kier molecular flexibility index (Phi) is 6.44. The molecule has 1 saturated heterocycles. The summed E-state index contributed by atoms with van der Waals surface area (Å²) in [5.74, 6) is 0. The fraction of sp³-hybridized carbons (Fsp3) is 0.571. The summed E-state index contributed by atoms with van der Waals surface area (Å²) in [6.45, 7) is 4.61. The van der Waals surface area contributed by atoms with Crippen LogP contribution in [0.15, 0.2) is 24.3 Å². The van der Waals surface area contributed by atoms with Crippen molar-refractivity contribution in [2.45, 2.75) is 31.8 Å². The highest BCUT2D eigenvalue weighted by Crippen LogP contribution is 2.25. The minimum Gasteiger partial charge on any atom is -0.316 e. The van der Waals surface area contributed by atoms with Crippen molar-refractivity contribution in [2.75, 3.05) is 20.1 Å². The SMILES string of the molecule is CNC1CCCN(C(C)c2ccc(Cl)cc2)C1.Cl. The Morgan fingerprint density at radius 3 is 2.61 bits per heavy atom. The van der Waals surface area contributed by atoms with Gasteiger partial charge in [0.1, 0.15) is 0 Å². The van der Waals surface area contributed by atoms with E-state index in [1.165, 1.54) is 24.9 Å². The molecule has 0 spiro atoms. The van der Waals surface area contributed by atoms with Crippen molar-refractivity contribution in [1.29, 1.82) is 0 Å². The second-order valence-electron chi connectivity index (χ2n) is 4.85. The first-order chi connectivity index (χ1) is 8.20. The normalized spacial score (nSPS) is 22.3. The highest BCUT2D eigenvalue weighted by Gasteiger charge is 2.23. The zero-order valence-electron chi connectivity index (χ0n) is 11.0. The molecule has 2 atom stereocenters. The Bertz CT molecular complexity index is 353. The van der Waals surface area contributed by atoms with Crippen LogP contribution in [0.5, 0.6) is 0 Å². The van der Waals surface area contributed by atoms with E-state index in [1.807, 2.05) is 12.1 Å². The van der Waals surface area contributed by atoms with Crippen LogP contribution in [-0.2, 0) is 0 Å². The summed E-state index contributed by atoms with van der Waals surface area (Å²) in [6.07, 6.45) is 2.57. The van der Waals surface area contributed by atoms with Crippen LogP contribution in [0.4, 0.5) is 0 Å². The van der Waals surface area contributed by atoms with E-state index in [4.69, 9.17) is 11.6 Å². The fourth-order valence-electron chi connectivity index (χ4n) is 2.55. The van der Waals surface area contributed by atoms with Crippen molar-refractivity contribution in [3.63, 3.8) is 0 Å². The molecular weight excluding hydrogens is 267 g/mol. The molecule has 0 radical (unpaired) electrons. The maximum absolute atomic E-state index is 5.92. The van der Waals surface area contributed by atoms with Crippen LogP contribution in [0.1, 0.15) is 31.4 Å². The third-order valence-corrected chi connectivity index (χ3v) is 4.01. The van der Waals surface area contributed by atoms with E-state index in [9.17, 15) is 0 Å². The molecule has 1 aliphatic rings. The molecule has 1 heterocycles. The van der Waals surface area contributed by atoms with Crippen LogP contribution < -0.4 is 5.32 Å². The second-order valence-corrected chi connectivity index (χ2v) is 5.29. The van der Waals surface area contributed by atoms with Gasteiger partial charge in [-0.15, -0.1) is 12.4 Å². The van der Waals surface area contributed by atoms with Gasteiger partial charge in [0.25, 0.3) is 0 Å². The number of likely N-dealkylation sites (N-methyl/N-ethyl adjacent to an activating group) is 1. The number of likely N-dealkylation sites (tertiary alicyclic amines) is 1. The highest BCUT2D eigenvalue weighted by atomic mass is 35.5. The molecule has 0 bridgehead atoms. The first-order valence-corrected chi connectivity index (χ1v) is 6.75. The summed E-state index contributed by atoms with van der Waals surface area (Å²) in [4.78, 5) is 2.55. The largest absolute Gasteiger partial charge is 0.316 e. The lowest BCUT2D eigenvalue weighted by atomic mass is 10.0. The molecule has 1 aromatic rings. The van der Waals surface area contributed by atoms with Gasteiger partial charge in [0.2, 0.25) is 0 Å². The third-order valence-electron chi connectivity index (χ3n) is 3.76. The topological polar surface area (TPSA) is 15.3 Å². The van der Waals surface area contributed by atoms with E-state index in [0.717, 1.165) is 11.6 Å². The van der Waals surface area contributed by atoms with Crippen LogP contribution >= 0.6 is 24.0 Å². The van der Waals surface area contributed by atoms with E-state index < -0.39 is 0 Å². The molecule has 2 nitrogen and oxygen atoms in total. The average molecular weight is 289 g/mol. The zero-order chi connectivity index (χ0) is 12.3. The number of nitrogens with one attached hydrogen (secondary N) is 1. The Labute approximate surface area is 121 Å². The van der Waals surface area contributed by atoms with Gasteiger partial charge in [-0.2, -0.15) is 0 Å². The van der Waals surface area contributed by atoms with E-state index in [-0.39, 0.29) is 12.4 Å². The molecule has 1 fully saturated rings. The molecule has 2 rings (SSSR count). The van der Waals surface area contributed by atoms with E-state index in [2.05, 4.69) is 36.3 Å². The van der Waals surface area contributed by atoms with Gasteiger partial charge in [0.15, 0.2) is 0 Å². The zero-order valence-corrected chi connectivity index (χ0v) is 12.6. The third kappa shape index (κ3) is 3.86. The lowest BCUT2D eigenvalue weighted by Gasteiger charge is -2.37. The summed E-state index contributed by atoms with van der Waals surface area (Å²) in [6, 6.07) is 9.34. The molecule has 0 aromatic heterocycles. The first kappa shape index (κ1) is 15.8. The fourth-order valence-corrected chi connectivity index (χ4v) is 2.67. The molecule has 102 valence electrons. The van der Waals surface area contributed by atoms with Gasteiger partial charge in [-0.3, -0.25) is 4.90 Å². The number of rotatable bonds is 3. The van der Waals surface area contributed by atoms with Gasteiger partial charge in [-0.1, -0.05) is 23.7 Å². The molecule has 0 saturated carbocycles. The Hall–Kier alpha value is -0.280. The summed E-state index contributed by atoms with van der Waals surface area (Å²) in [7, 11) is 2.06. The number of piperidine rings is 1. The van der Waals surface area contributed by atoms with Crippen LogP contribution in [0.2, 0.25) is 5.02 Å². The van der Waals surface area contributed by atoms with Crippen molar-refractivity contribution in [2.24, 2.45) is 0 Å². The van der Waals surface area contributed by atoms with Gasteiger partial charge in [-0.05, 0) is 51.1 Å². The average Bonchev–Trinajstić information content (AvgIpc) is 2.39. The monoisotopic (exact) mass is 288 g/mol. The number of hydrogen-bond acceptors (Lipinski definition) is 2. The van der Waals surface area contributed by atoms with Crippen molar-refractivity contribution in [3.05, 3.63) is 34.9 Å². The second kappa shape index (κ2) is 7.34. The Morgan fingerprint density at radius 1 is 1.33 bits per heavy atom. The van der Waals surface area contributed by atoms with Crippen molar-refractivity contribution < 1.29 is 0 Å². The molecule has 1 N–H and O–H groups in total. The van der Waals surface area contributed by atoms with Crippen molar-refractivity contribution >= 4 is 24.0 Å². The van der Waals surface area contributed by atoms with Crippen LogP contribution in [0.3, 0.4) is 0 Å². The van der Waals surface area contributed by atoms with Crippen LogP contribution in [0.25, 0.3) is 0 Å². The van der Waals surface area contributed by atoms with Crippen molar-refractivity contribution in [3.8, 4) is 0 Å². The lowest BCUT2D eigenvalue weighted by molar-refractivity contribution is 0.149. The molecule has 1 aliphatic heterocycles. The van der Waals surface area contributed by atoms with Crippen molar-refractivity contribution in [1.82, 2.24) is 10.2 Å². The van der Waals surface area contributed by atoms with Gasteiger partial charge in [0.05, 0.1) is 0 Å². The maximum atomic E-state index is 5.92. The predicted octanol–water partition coefficient (Wildman–Crippen LogP) is 3.51. The minimum absolute atomic E-state index is 0. The molecule has 1 aromatic carbocycles. The molecule has 18 heavy (non-hydrogen) atoms. The molecule has 0 amide bonds. The smallest absolute Gasteiger partial charge is 0.0406 e. The number of halogens is 2. The van der Waals surface area contributed by atoms with E-state index in [0.29, 0.717) is 12.1 Å². The van der Waals surface area contributed by atoms with Gasteiger partial charge in [-0.25, -0.2) is 0 Å². The van der Waals surface area contributed by atoms with E-state index in [1.54, 1.807) is 0 Å².